The fourth-order valence-electron chi connectivity index (χ4n) is 2.06. The fourth-order valence-corrected chi connectivity index (χ4v) is 2.06. The molecule has 3 rings (SSSR count). The second kappa shape index (κ2) is 5.21. The molecule has 3 aromatic rings. The zero-order valence-electron chi connectivity index (χ0n) is 11.4. The predicted molar refractivity (Wildman–Crippen MR) is 80.1 cm³/mol. The number of hydrogen-bond acceptors (Lipinski definition) is 4. The normalized spacial score (nSPS) is 11.7. The number of nitrogens with one attached hydrogen (secondary N) is 1. The van der Waals surface area contributed by atoms with Crippen molar-refractivity contribution in [1.82, 2.24) is 9.78 Å². The summed E-state index contributed by atoms with van der Waals surface area (Å²) in [4.78, 5) is 22.4. The van der Waals surface area contributed by atoms with E-state index in [1.807, 2.05) is 18.2 Å². The van der Waals surface area contributed by atoms with Crippen LogP contribution in [0.4, 0.5) is 5.88 Å². The average Bonchev–Trinajstić information content (AvgIpc) is 3.09. The summed E-state index contributed by atoms with van der Waals surface area (Å²) in [7, 11) is 0. The quantitative estimate of drug-likeness (QED) is 0.574. The van der Waals surface area contributed by atoms with E-state index in [2.05, 4.69) is 11.7 Å². The third-order valence-corrected chi connectivity index (χ3v) is 3.10. The van der Waals surface area contributed by atoms with E-state index >= 15 is 0 Å². The minimum absolute atomic E-state index is 0.216. The van der Waals surface area contributed by atoms with E-state index in [-0.39, 0.29) is 22.4 Å². The van der Waals surface area contributed by atoms with Crippen LogP contribution in [0.3, 0.4) is 0 Å². The van der Waals surface area contributed by atoms with Gasteiger partial charge in [0.2, 0.25) is 0 Å². The number of para-hydroxylation sites is 1. The molecule has 2 aromatic heterocycles. The number of aromatic amines is 1. The predicted octanol–water partition coefficient (Wildman–Crippen LogP) is 0.906. The number of H-pyrrole nitrogens is 1. The molecule has 0 saturated carbocycles. The molecule has 0 unspecified atom stereocenters. The first-order chi connectivity index (χ1) is 10.6. The van der Waals surface area contributed by atoms with Gasteiger partial charge in [-0.3, -0.25) is 20.0 Å². The van der Waals surface area contributed by atoms with Crippen molar-refractivity contribution in [3.05, 3.63) is 79.3 Å². The van der Waals surface area contributed by atoms with Crippen LogP contribution in [0.15, 0.2) is 51.7 Å². The van der Waals surface area contributed by atoms with Gasteiger partial charge in [0.25, 0.3) is 5.56 Å². The van der Waals surface area contributed by atoms with E-state index in [9.17, 15) is 14.9 Å². The second-order valence-corrected chi connectivity index (χ2v) is 4.56. The molecule has 7 nitrogen and oxygen atoms in total. The summed E-state index contributed by atoms with van der Waals surface area (Å²) in [5.74, 6) is -0.163. The molecule has 22 heavy (non-hydrogen) atoms. The lowest BCUT2D eigenvalue weighted by Gasteiger charge is -1.98. The Labute approximate surface area is 123 Å². The van der Waals surface area contributed by atoms with Gasteiger partial charge in [-0.15, -0.1) is 0 Å². The highest BCUT2D eigenvalue weighted by Gasteiger charge is 2.11. The summed E-state index contributed by atoms with van der Waals surface area (Å²) < 4.78 is 6.38. The number of nitro groups is 1. The van der Waals surface area contributed by atoms with Crippen molar-refractivity contribution in [2.45, 2.75) is 0 Å². The Kier molecular flexibility index (Phi) is 3.23. The van der Waals surface area contributed by atoms with Crippen LogP contribution >= 0.6 is 0 Å². The van der Waals surface area contributed by atoms with Crippen LogP contribution in [0.2, 0.25) is 0 Å². The summed E-state index contributed by atoms with van der Waals surface area (Å²) >= 11 is 0. The van der Waals surface area contributed by atoms with Crippen LogP contribution in [-0.2, 0) is 0 Å². The molecule has 0 spiro atoms. The Morgan fingerprint density at radius 3 is 2.59 bits per heavy atom. The molecule has 0 fully saturated rings. The smallest absolute Gasteiger partial charge is 0.401 e. The minimum Gasteiger partial charge on any atom is -0.401 e. The minimum atomic E-state index is -0.637. The largest absolute Gasteiger partial charge is 0.433 e. The zero-order valence-corrected chi connectivity index (χ0v) is 11.4. The molecule has 0 amide bonds. The van der Waals surface area contributed by atoms with Crippen molar-refractivity contribution in [2.24, 2.45) is 0 Å². The molecule has 2 heterocycles. The van der Waals surface area contributed by atoms with Gasteiger partial charge in [-0.2, -0.15) is 0 Å². The molecule has 110 valence electrons. The Hall–Kier alpha value is -3.35. The molecular formula is C15H11N3O4. The summed E-state index contributed by atoms with van der Waals surface area (Å²) in [5.41, 5.74) is 0.359. The number of aromatic nitrogens is 2. The maximum atomic E-state index is 12.4. The third kappa shape index (κ3) is 2.35. The van der Waals surface area contributed by atoms with Gasteiger partial charge in [-0.1, -0.05) is 24.8 Å². The Bertz CT molecular complexity index is 996. The first-order valence-corrected chi connectivity index (χ1v) is 6.37. The molecule has 0 aliphatic carbocycles. The van der Waals surface area contributed by atoms with Gasteiger partial charge in [0.15, 0.2) is 0 Å². The number of rotatable bonds is 3. The van der Waals surface area contributed by atoms with Crippen LogP contribution < -0.4 is 16.1 Å². The standard InChI is InChI=1S/C15H11N3O4/c1-10-13(9-12-7-8-14(22-12)18(20)21)15(19)17(16-10)11-5-3-2-4-6-11/h2-9,16H,1H2/b13-9+. The van der Waals surface area contributed by atoms with Crippen molar-refractivity contribution in [2.75, 3.05) is 0 Å². The van der Waals surface area contributed by atoms with Gasteiger partial charge in [0.1, 0.15) is 10.7 Å². The van der Waals surface area contributed by atoms with Crippen LogP contribution in [0.5, 0.6) is 0 Å². The molecule has 0 saturated heterocycles. The molecule has 7 heteroatoms. The van der Waals surface area contributed by atoms with E-state index < -0.39 is 4.92 Å². The zero-order chi connectivity index (χ0) is 15.7. The lowest BCUT2D eigenvalue weighted by Crippen LogP contribution is -2.33. The lowest BCUT2D eigenvalue weighted by atomic mass is 10.3. The maximum absolute atomic E-state index is 12.4. The number of hydrogen-bond donors (Lipinski definition) is 1. The molecule has 1 aromatic carbocycles. The monoisotopic (exact) mass is 297 g/mol. The first-order valence-electron chi connectivity index (χ1n) is 6.37. The Morgan fingerprint density at radius 2 is 1.95 bits per heavy atom. The topological polar surface area (TPSA) is 94.1 Å². The molecule has 1 N–H and O–H groups in total. The van der Waals surface area contributed by atoms with Crippen LogP contribution in [0, 0.1) is 10.1 Å². The number of nitrogens with zero attached hydrogens (tertiary/aromatic N) is 2. The van der Waals surface area contributed by atoms with Gasteiger partial charge < -0.3 is 4.42 Å². The van der Waals surface area contributed by atoms with Crippen molar-refractivity contribution >= 4 is 18.5 Å². The lowest BCUT2D eigenvalue weighted by molar-refractivity contribution is -0.402. The van der Waals surface area contributed by atoms with E-state index in [0.717, 1.165) is 0 Å². The number of benzene rings is 1. The molecule has 0 atom stereocenters. The summed E-state index contributed by atoms with van der Waals surface area (Å²) in [5, 5.41) is 14.2. The van der Waals surface area contributed by atoms with Crippen LogP contribution in [0.1, 0.15) is 5.76 Å². The molecule has 0 bridgehead atoms. The van der Waals surface area contributed by atoms with Crippen LogP contribution in [0.25, 0.3) is 18.3 Å². The Morgan fingerprint density at radius 1 is 1.23 bits per heavy atom. The highest BCUT2D eigenvalue weighted by Crippen LogP contribution is 2.15. The molecule has 0 aliphatic heterocycles. The Balaban J connectivity index is 2.14. The van der Waals surface area contributed by atoms with E-state index in [1.165, 1.54) is 22.9 Å². The van der Waals surface area contributed by atoms with E-state index in [1.54, 1.807) is 12.1 Å². The number of furan rings is 1. The van der Waals surface area contributed by atoms with Crippen LogP contribution in [-0.4, -0.2) is 14.7 Å². The van der Waals surface area contributed by atoms with Gasteiger partial charge in [0.05, 0.1) is 22.3 Å². The first kappa shape index (κ1) is 13.6. The third-order valence-electron chi connectivity index (χ3n) is 3.10. The van der Waals surface area contributed by atoms with Crippen molar-refractivity contribution in [3.8, 4) is 5.69 Å². The van der Waals surface area contributed by atoms with Gasteiger partial charge in [-0.25, -0.2) is 4.68 Å². The van der Waals surface area contributed by atoms with Gasteiger partial charge in [-0.05, 0) is 24.3 Å². The molecule has 0 radical (unpaired) electrons. The van der Waals surface area contributed by atoms with Gasteiger partial charge in [0, 0.05) is 0 Å². The highest BCUT2D eigenvalue weighted by molar-refractivity contribution is 5.45. The average molecular weight is 297 g/mol. The summed E-state index contributed by atoms with van der Waals surface area (Å²) in [6.45, 7) is 3.78. The summed E-state index contributed by atoms with van der Waals surface area (Å²) in [6, 6.07) is 11.7. The second-order valence-electron chi connectivity index (χ2n) is 4.56. The van der Waals surface area contributed by atoms with E-state index in [0.29, 0.717) is 11.0 Å². The van der Waals surface area contributed by atoms with Crippen molar-refractivity contribution < 1.29 is 9.34 Å². The molecule has 0 aliphatic rings. The fraction of sp³-hybridized carbons (Fsp3) is 0. The highest BCUT2D eigenvalue weighted by atomic mass is 16.6. The van der Waals surface area contributed by atoms with Crippen molar-refractivity contribution in [3.63, 3.8) is 0 Å². The molecular weight excluding hydrogens is 286 g/mol. The maximum Gasteiger partial charge on any atom is 0.433 e. The van der Waals surface area contributed by atoms with E-state index in [4.69, 9.17) is 4.42 Å². The summed E-state index contributed by atoms with van der Waals surface area (Å²) in [6.07, 6.45) is 1.42. The van der Waals surface area contributed by atoms with Gasteiger partial charge >= 0.3 is 5.88 Å². The van der Waals surface area contributed by atoms with Crippen molar-refractivity contribution in [1.29, 1.82) is 0 Å². The SMILES string of the molecule is C=c1[nH]n(-c2ccccc2)c(=O)/c1=C/c1ccc([N+](=O)[O-])o1.